The fraction of sp³-hybridized carbons (Fsp3) is 0.235. The average molecular weight is 283 g/mol. The van der Waals surface area contributed by atoms with Crippen molar-refractivity contribution in [3.63, 3.8) is 0 Å². The molecule has 0 heterocycles. The van der Waals surface area contributed by atoms with Gasteiger partial charge in [0.05, 0.1) is 0 Å². The van der Waals surface area contributed by atoms with E-state index in [0.29, 0.717) is 11.3 Å². The maximum absolute atomic E-state index is 12.3. The van der Waals surface area contributed by atoms with Crippen molar-refractivity contribution < 1.29 is 4.79 Å². The van der Waals surface area contributed by atoms with Crippen molar-refractivity contribution in [2.45, 2.75) is 13.8 Å². The summed E-state index contributed by atoms with van der Waals surface area (Å²) in [4.78, 5) is 14.3. The number of carbonyl (C=O) groups excluding carboxylic acids is 1. The number of nitrogen functional groups attached to an aromatic ring is 1. The molecule has 0 aliphatic heterocycles. The monoisotopic (exact) mass is 283 g/mol. The molecule has 0 aliphatic carbocycles. The summed E-state index contributed by atoms with van der Waals surface area (Å²) in [6.07, 6.45) is 0. The summed E-state index contributed by atoms with van der Waals surface area (Å²) in [6, 6.07) is 11.3. The molecule has 0 radical (unpaired) electrons. The number of anilines is 3. The largest absolute Gasteiger partial charge is 0.398 e. The van der Waals surface area contributed by atoms with Gasteiger partial charge < -0.3 is 16.0 Å². The van der Waals surface area contributed by atoms with Crippen LogP contribution in [0.2, 0.25) is 0 Å². The van der Waals surface area contributed by atoms with Crippen LogP contribution in [0.4, 0.5) is 17.1 Å². The summed E-state index contributed by atoms with van der Waals surface area (Å²) in [5.74, 6) is -0.128. The van der Waals surface area contributed by atoms with Crippen LogP contribution in [0.3, 0.4) is 0 Å². The zero-order valence-corrected chi connectivity index (χ0v) is 12.9. The van der Waals surface area contributed by atoms with E-state index < -0.39 is 0 Å². The normalized spacial score (nSPS) is 10.3. The number of aryl methyl sites for hydroxylation is 1. The molecule has 3 N–H and O–H groups in total. The van der Waals surface area contributed by atoms with Crippen molar-refractivity contribution in [2.75, 3.05) is 30.0 Å². The highest BCUT2D eigenvalue weighted by Gasteiger charge is 2.11. The van der Waals surface area contributed by atoms with Crippen LogP contribution in [0.15, 0.2) is 36.4 Å². The van der Waals surface area contributed by atoms with Crippen LogP contribution in [-0.4, -0.2) is 20.0 Å². The molecule has 4 heteroatoms. The third-order valence-electron chi connectivity index (χ3n) is 3.60. The van der Waals surface area contributed by atoms with Crippen molar-refractivity contribution in [2.24, 2.45) is 0 Å². The number of nitrogens with one attached hydrogen (secondary N) is 1. The van der Waals surface area contributed by atoms with Gasteiger partial charge in [0.15, 0.2) is 0 Å². The van der Waals surface area contributed by atoms with Gasteiger partial charge in [0.1, 0.15) is 0 Å². The molecule has 0 fully saturated rings. The van der Waals surface area contributed by atoms with Gasteiger partial charge in [-0.25, -0.2) is 0 Å². The molecule has 0 unspecified atom stereocenters. The van der Waals surface area contributed by atoms with Gasteiger partial charge >= 0.3 is 0 Å². The third-order valence-corrected chi connectivity index (χ3v) is 3.60. The van der Waals surface area contributed by atoms with Gasteiger partial charge in [0.25, 0.3) is 5.91 Å². The highest BCUT2D eigenvalue weighted by Crippen LogP contribution is 2.25. The van der Waals surface area contributed by atoms with Crippen LogP contribution < -0.4 is 16.0 Å². The van der Waals surface area contributed by atoms with Crippen molar-refractivity contribution in [3.8, 4) is 0 Å². The number of hydrogen-bond donors (Lipinski definition) is 2. The van der Waals surface area contributed by atoms with Gasteiger partial charge in [-0.1, -0.05) is 6.07 Å². The Hall–Kier alpha value is -2.49. The summed E-state index contributed by atoms with van der Waals surface area (Å²) < 4.78 is 0. The summed E-state index contributed by atoms with van der Waals surface area (Å²) in [7, 11) is 3.93. The van der Waals surface area contributed by atoms with Gasteiger partial charge in [0, 0.05) is 36.7 Å². The summed E-state index contributed by atoms with van der Waals surface area (Å²) >= 11 is 0. The van der Waals surface area contributed by atoms with Crippen molar-refractivity contribution >= 4 is 23.0 Å². The first-order valence-corrected chi connectivity index (χ1v) is 6.84. The van der Waals surface area contributed by atoms with Crippen LogP contribution >= 0.6 is 0 Å². The van der Waals surface area contributed by atoms with E-state index in [1.165, 1.54) is 0 Å². The molecule has 0 saturated heterocycles. The van der Waals surface area contributed by atoms with Gasteiger partial charge in [-0.3, -0.25) is 4.79 Å². The van der Waals surface area contributed by atoms with E-state index >= 15 is 0 Å². The first-order chi connectivity index (χ1) is 9.90. The SMILES string of the molecule is Cc1ccc(N)c(C)c1NC(=O)c1ccc(N(C)C)cc1. The molecule has 2 rings (SSSR count). The number of carbonyl (C=O) groups is 1. The van der Waals surface area contributed by atoms with Crippen LogP contribution in [0.1, 0.15) is 21.5 Å². The second-order valence-corrected chi connectivity index (χ2v) is 5.37. The summed E-state index contributed by atoms with van der Waals surface area (Å²) in [5.41, 5.74) is 10.9. The minimum atomic E-state index is -0.128. The van der Waals surface area contributed by atoms with Crippen LogP contribution in [-0.2, 0) is 0 Å². The number of rotatable bonds is 3. The van der Waals surface area contributed by atoms with Gasteiger partial charge in [0.2, 0.25) is 0 Å². The first-order valence-electron chi connectivity index (χ1n) is 6.84. The second-order valence-electron chi connectivity index (χ2n) is 5.37. The molecule has 4 nitrogen and oxygen atoms in total. The van der Waals surface area contributed by atoms with E-state index in [0.717, 1.165) is 22.5 Å². The lowest BCUT2D eigenvalue weighted by atomic mass is 10.1. The quantitative estimate of drug-likeness (QED) is 0.850. The molecule has 0 atom stereocenters. The zero-order chi connectivity index (χ0) is 15.6. The summed E-state index contributed by atoms with van der Waals surface area (Å²) in [5, 5.41) is 2.95. The van der Waals surface area contributed by atoms with E-state index in [-0.39, 0.29) is 5.91 Å². The molecule has 0 spiro atoms. The molecular weight excluding hydrogens is 262 g/mol. The molecule has 110 valence electrons. The maximum Gasteiger partial charge on any atom is 0.255 e. The zero-order valence-electron chi connectivity index (χ0n) is 12.9. The van der Waals surface area contributed by atoms with Gasteiger partial charge in [-0.15, -0.1) is 0 Å². The Labute approximate surface area is 125 Å². The Kier molecular flexibility index (Phi) is 4.17. The summed E-state index contributed by atoms with van der Waals surface area (Å²) in [6.45, 7) is 3.87. The predicted molar refractivity (Wildman–Crippen MR) is 89.1 cm³/mol. The lowest BCUT2D eigenvalue weighted by molar-refractivity contribution is 0.102. The highest BCUT2D eigenvalue weighted by atomic mass is 16.1. The number of benzene rings is 2. The Morgan fingerprint density at radius 1 is 1.05 bits per heavy atom. The lowest BCUT2D eigenvalue weighted by Gasteiger charge is -2.15. The molecule has 2 aromatic rings. The number of amides is 1. The molecule has 1 amide bonds. The maximum atomic E-state index is 12.3. The topological polar surface area (TPSA) is 58.4 Å². The number of nitrogens with two attached hydrogens (primary N) is 1. The van der Waals surface area contributed by atoms with Crippen molar-refractivity contribution in [1.29, 1.82) is 0 Å². The Morgan fingerprint density at radius 2 is 1.67 bits per heavy atom. The molecule has 0 aromatic heterocycles. The Bertz CT molecular complexity index is 660. The highest BCUT2D eigenvalue weighted by molar-refractivity contribution is 6.05. The molecule has 0 aliphatic rings. The minimum absolute atomic E-state index is 0.128. The fourth-order valence-corrected chi connectivity index (χ4v) is 2.15. The van der Waals surface area contributed by atoms with Crippen LogP contribution in [0.5, 0.6) is 0 Å². The van der Waals surface area contributed by atoms with Crippen LogP contribution in [0.25, 0.3) is 0 Å². The fourth-order valence-electron chi connectivity index (χ4n) is 2.15. The molecule has 21 heavy (non-hydrogen) atoms. The van der Waals surface area contributed by atoms with E-state index in [9.17, 15) is 4.79 Å². The Balaban J connectivity index is 2.24. The molecule has 2 aromatic carbocycles. The minimum Gasteiger partial charge on any atom is -0.398 e. The standard InChI is InChI=1S/C17H21N3O/c1-11-5-10-15(18)12(2)16(11)19-17(21)13-6-8-14(9-7-13)20(3)4/h5-10H,18H2,1-4H3,(H,19,21). The van der Waals surface area contributed by atoms with Gasteiger partial charge in [-0.2, -0.15) is 0 Å². The van der Waals surface area contributed by atoms with Gasteiger partial charge in [-0.05, 0) is 55.3 Å². The average Bonchev–Trinajstić information content (AvgIpc) is 2.47. The molecule has 0 bridgehead atoms. The first kappa shape index (κ1) is 14.9. The van der Waals surface area contributed by atoms with E-state index in [1.54, 1.807) is 0 Å². The van der Waals surface area contributed by atoms with E-state index in [1.807, 2.05) is 69.2 Å². The van der Waals surface area contributed by atoms with Crippen LogP contribution in [0, 0.1) is 13.8 Å². The van der Waals surface area contributed by atoms with E-state index in [4.69, 9.17) is 5.73 Å². The van der Waals surface area contributed by atoms with Crippen molar-refractivity contribution in [3.05, 3.63) is 53.1 Å². The lowest BCUT2D eigenvalue weighted by Crippen LogP contribution is -2.15. The van der Waals surface area contributed by atoms with Crippen molar-refractivity contribution in [1.82, 2.24) is 0 Å². The predicted octanol–water partition coefficient (Wildman–Crippen LogP) is 3.20. The third kappa shape index (κ3) is 3.16. The molecular formula is C17H21N3O. The Morgan fingerprint density at radius 3 is 2.24 bits per heavy atom. The number of nitrogens with zero attached hydrogens (tertiary/aromatic N) is 1. The smallest absolute Gasteiger partial charge is 0.255 e. The van der Waals surface area contributed by atoms with E-state index in [2.05, 4.69) is 5.32 Å². The molecule has 0 saturated carbocycles. The number of hydrogen-bond acceptors (Lipinski definition) is 3. The second kappa shape index (κ2) is 5.87.